The second-order valence-corrected chi connectivity index (χ2v) is 2.21. The van der Waals surface area contributed by atoms with E-state index in [1.807, 2.05) is 0 Å². The Bertz CT molecular complexity index is 259. The van der Waals surface area contributed by atoms with E-state index in [0.717, 1.165) is 0 Å². The minimum atomic E-state index is -0.269. The molecule has 1 N–H and O–H groups in total. The van der Waals surface area contributed by atoms with E-state index in [1.165, 1.54) is 19.2 Å². The highest BCUT2D eigenvalue weighted by Gasteiger charge is 2.03. The van der Waals surface area contributed by atoms with Gasteiger partial charge in [0.15, 0.2) is 10.8 Å². The summed E-state index contributed by atoms with van der Waals surface area (Å²) in [6.45, 7) is 0. The lowest BCUT2D eigenvalue weighted by Gasteiger charge is -1.95. The van der Waals surface area contributed by atoms with Crippen LogP contribution in [-0.4, -0.2) is 23.2 Å². The lowest BCUT2D eigenvalue weighted by atomic mass is 10.4. The van der Waals surface area contributed by atoms with Gasteiger partial charge in [0.25, 0.3) is 5.91 Å². The van der Waals surface area contributed by atoms with E-state index in [2.05, 4.69) is 15.5 Å². The van der Waals surface area contributed by atoms with Gasteiger partial charge in [-0.3, -0.25) is 4.79 Å². The van der Waals surface area contributed by atoms with Crippen molar-refractivity contribution in [3.63, 3.8) is 0 Å². The van der Waals surface area contributed by atoms with Crippen molar-refractivity contribution in [3.05, 3.63) is 23.0 Å². The first-order valence-corrected chi connectivity index (χ1v) is 3.33. The molecule has 0 unspecified atom stereocenters. The summed E-state index contributed by atoms with van der Waals surface area (Å²) in [6.07, 6.45) is 0. The van der Waals surface area contributed by atoms with Gasteiger partial charge in [-0.1, -0.05) is 11.6 Å². The van der Waals surface area contributed by atoms with Crippen LogP contribution in [0.3, 0.4) is 0 Å². The summed E-state index contributed by atoms with van der Waals surface area (Å²) < 4.78 is 0. The molecule has 0 radical (unpaired) electrons. The molecule has 0 spiro atoms. The van der Waals surface area contributed by atoms with Crippen molar-refractivity contribution < 1.29 is 4.79 Å². The Morgan fingerprint density at radius 2 is 2.27 bits per heavy atom. The average molecular weight is 172 g/mol. The number of nitrogens with zero attached hydrogens (tertiary/aromatic N) is 2. The first-order chi connectivity index (χ1) is 5.24. The normalized spacial score (nSPS) is 9.27. The van der Waals surface area contributed by atoms with Crippen LogP contribution in [0, 0.1) is 0 Å². The Morgan fingerprint density at radius 1 is 1.55 bits per heavy atom. The first kappa shape index (κ1) is 7.94. The van der Waals surface area contributed by atoms with Crippen LogP contribution in [0.5, 0.6) is 0 Å². The standard InChI is InChI=1S/C6H6ClN3O/c1-8-6(11)4-2-3-5(7)10-9-4/h2-3H,1H3,(H,8,11). The quantitative estimate of drug-likeness (QED) is 0.669. The Labute approximate surface area is 68.6 Å². The van der Waals surface area contributed by atoms with E-state index in [0.29, 0.717) is 0 Å². The fraction of sp³-hybridized carbons (Fsp3) is 0.167. The van der Waals surface area contributed by atoms with Crippen LogP contribution in [0.15, 0.2) is 12.1 Å². The first-order valence-electron chi connectivity index (χ1n) is 2.95. The molecule has 0 bridgehead atoms. The molecule has 0 atom stereocenters. The minimum Gasteiger partial charge on any atom is -0.354 e. The Kier molecular flexibility index (Phi) is 2.38. The van der Waals surface area contributed by atoms with E-state index in [1.54, 1.807) is 0 Å². The van der Waals surface area contributed by atoms with Crippen molar-refractivity contribution in [2.75, 3.05) is 7.05 Å². The Balaban J connectivity index is 2.90. The molecule has 0 fully saturated rings. The Morgan fingerprint density at radius 3 is 2.73 bits per heavy atom. The van der Waals surface area contributed by atoms with Crippen LogP contribution in [0.1, 0.15) is 10.5 Å². The number of aromatic nitrogens is 2. The van der Waals surface area contributed by atoms with Crippen molar-refractivity contribution in [1.82, 2.24) is 15.5 Å². The number of carbonyl (C=O) groups excluding carboxylic acids is 1. The van der Waals surface area contributed by atoms with Crippen molar-refractivity contribution in [1.29, 1.82) is 0 Å². The minimum absolute atomic E-state index is 0.261. The number of halogens is 1. The van der Waals surface area contributed by atoms with Crippen LogP contribution in [0.4, 0.5) is 0 Å². The molecule has 58 valence electrons. The fourth-order valence-corrected chi connectivity index (χ4v) is 0.666. The van der Waals surface area contributed by atoms with Crippen molar-refractivity contribution >= 4 is 17.5 Å². The third-order valence-corrected chi connectivity index (χ3v) is 1.29. The average Bonchev–Trinajstić information content (AvgIpc) is 2.05. The van der Waals surface area contributed by atoms with Gasteiger partial charge >= 0.3 is 0 Å². The van der Waals surface area contributed by atoms with Crippen molar-refractivity contribution in [2.24, 2.45) is 0 Å². The molecule has 1 aromatic heterocycles. The van der Waals surface area contributed by atoms with Crippen LogP contribution >= 0.6 is 11.6 Å². The molecule has 1 rings (SSSR count). The number of rotatable bonds is 1. The van der Waals surface area contributed by atoms with Crippen molar-refractivity contribution in [3.8, 4) is 0 Å². The highest BCUT2D eigenvalue weighted by molar-refractivity contribution is 6.29. The number of carbonyl (C=O) groups is 1. The fourth-order valence-electron chi connectivity index (χ4n) is 0.565. The van der Waals surface area contributed by atoms with Crippen LogP contribution in [0.25, 0.3) is 0 Å². The van der Waals surface area contributed by atoms with Crippen molar-refractivity contribution in [2.45, 2.75) is 0 Å². The van der Waals surface area contributed by atoms with Gasteiger partial charge in [-0.05, 0) is 12.1 Å². The Hall–Kier alpha value is -1.16. The zero-order valence-electron chi connectivity index (χ0n) is 5.84. The van der Waals surface area contributed by atoms with Gasteiger partial charge in [0.05, 0.1) is 0 Å². The summed E-state index contributed by atoms with van der Waals surface area (Å²) in [5, 5.41) is 9.75. The summed E-state index contributed by atoms with van der Waals surface area (Å²) in [5.41, 5.74) is 0.261. The molecule has 1 amide bonds. The van der Waals surface area contributed by atoms with Gasteiger partial charge in [-0.25, -0.2) is 0 Å². The SMILES string of the molecule is CNC(=O)c1ccc(Cl)nn1. The second kappa shape index (κ2) is 3.30. The molecule has 0 aliphatic carbocycles. The summed E-state index contributed by atoms with van der Waals surface area (Å²) >= 11 is 5.45. The summed E-state index contributed by atoms with van der Waals surface area (Å²) in [5.74, 6) is -0.269. The van der Waals surface area contributed by atoms with E-state index in [-0.39, 0.29) is 16.8 Å². The molecule has 0 saturated heterocycles. The molecule has 5 heteroatoms. The van der Waals surface area contributed by atoms with Crippen LogP contribution in [0.2, 0.25) is 5.15 Å². The molecule has 0 aliphatic rings. The zero-order chi connectivity index (χ0) is 8.27. The summed E-state index contributed by atoms with van der Waals surface area (Å²) in [6, 6.07) is 3.02. The number of nitrogens with one attached hydrogen (secondary N) is 1. The summed E-state index contributed by atoms with van der Waals surface area (Å²) in [4.78, 5) is 10.9. The molecule has 0 saturated carbocycles. The topological polar surface area (TPSA) is 54.9 Å². The maximum absolute atomic E-state index is 10.9. The van der Waals surface area contributed by atoms with Gasteiger partial charge in [-0.15, -0.1) is 10.2 Å². The molecular weight excluding hydrogens is 166 g/mol. The monoisotopic (exact) mass is 171 g/mol. The smallest absolute Gasteiger partial charge is 0.271 e. The van der Waals surface area contributed by atoms with Crippen LogP contribution in [-0.2, 0) is 0 Å². The third kappa shape index (κ3) is 1.88. The van der Waals surface area contributed by atoms with E-state index in [4.69, 9.17) is 11.6 Å². The highest BCUT2D eigenvalue weighted by atomic mass is 35.5. The number of amides is 1. The highest BCUT2D eigenvalue weighted by Crippen LogP contribution is 2.01. The van der Waals surface area contributed by atoms with E-state index >= 15 is 0 Å². The molecule has 11 heavy (non-hydrogen) atoms. The second-order valence-electron chi connectivity index (χ2n) is 1.82. The van der Waals surface area contributed by atoms with Gasteiger partial charge in [0.2, 0.25) is 0 Å². The third-order valence-electron chi connectivity index (χ3n) is 1.09. The molecular formula is C6H6ClN3O. The number of hydrogen-bond donors (Lipinski definition) is 1. The predicted octanol–water partition coefficient (Wildman–Crippen LogP) is 0.490. The summed E-state index contributed by atoms with van der Waals surface area (Å²) in [7, 11) is 1.53. The van der Waals surface area contributed by atoms with Gasteiger partial charge < -0.3 is 5.32 Å². The lowest BCUT2D eigenvalue weighted by Crippen LogP contribution is -2.19. The van der Waals surface area contributed by atoms with E-state index < -0.39 is 0 Å². The lowest BCUT2D eigenvalue weighted by molar-refractivity contribution is 0.0957. The molecule has 0 aliphatic heterocycles. The van der Waals surface area contributed by atoms with E-state index in [9.17, 15) is 4.79 Å². The molecule has 1 aromatic rings. The largest absolute Gasteiger partial charge is 0.354 e. The molecule has 0 aromatic carbocycles. The maximum Gasteiger partial charge on any atom is 0.271 e. The van der Waals surface area contributed by atoms with Gasteiger partial charge in [-0.2, -0.15) is 0 Å². The number of hydrogen-bond acceptors (Lipinski definition) is 3. The predicted molar refractivity (Wildman–Crippen MR) is 40.4 cm³/mol. The zero-order valence-corrected chi connectivity index (χ0v) is 6.59. The maximum atomic E-state index is 10.9. The molecule has 4 nitrogen and oxygen atoms in total. The van der Waals surface area contributed by atoms with Crippen LogP contribution < -0.4 is 5.32 Å². The van der Waals surface area contributed by atoms with Gasteiger partial charge in [0.1, 0.15) is 0 Å². The van der Waals surface area contributed by atoms with Gasteiger partial charge in [0, 0.05) is 7.05 Å². The molecule has 1 heterocycles.